The van der Waals surface area contributed by atoms with Crippen LogP contribution in [0.15, 0.2) is 42.5 Å². The number of hydrogen-bond acceptors (Lipinski definition) is 7. The third kappa shape index (κ3) is 6.25. The molecule has 1 aliphatic heterocycles. The predicted octanol–water partition coefficient (Wildman–Crippen LogP) is 2.72. The van der Waals surface area contributed by atoms with E-state index in [4.69, 9.17) is 16.5 Å². The summed E-state index contributed by atoms with van der Waals surface area (Å²) in [6.07, 6.45) is 0.814. The highest BCUT2D eigenvalue weighted by Crippen LogP contribution is 2.28. The first-order chi connectivity index (χ1) is 17.6. The lowest BCUT2D eigenvalue weighted by Crippen LogP contribution is -2.32. The van der Waals surface area contributed by atoms with Gasteiger partial charge in [-0.2, -0.15) is 0 Å². The van der Waals surface area contributed by atoms with Crippen molar-refractivity contribution in [3.8, 4) is 11.5 Å². The van der Waals surface area contributed by atoms with Crippen LogP contribution in [0.4, 0.5) is 0 Å². The number of benzene rings is 2. The molecule has 0 aliphatic carbocycles. The van der Waals surface area contributed by atoms with E-state index in [0.717, 1.165) is 28.9 Å². The van der Waals surface area contributed by atoms with Crippen LogP contribution in [0.3, 0.4) is 0 Å². The number of nitrogens with zero attached hydrogens (tertiary/aromatic N) is 3. The largest absolute Gasteiger partial charge is 0.507 e. The first kappa shape index (κ1) is 26.1. The second kappa shape index (κ2) is 11.0. The van der Waals surface area contributed by atoms with Crippen LogP contribution in [-0.4, -0.2) is 49.9 Å². The molecule has 0 saturated heterocycles. The average molecular weight is 504 g/mol. The summed E-state index contributed by atoms with van der Waals surface area (Å²) in [6.45, 7) is 7.21. The molecule has 0 unspecified atom stereocenters. The maximum atomic E-state index is 11.8. The van der Waals surface area contributed by atoms with E-state index >= 15 is 0 Å². The summed E-state index contributed by atoms with van der Waals surface area (Å²) in [7, 11) is 0. The molecular weight excluding hydrogens is 470 g/mol. The molecule has 2 aromatic carbocycles. The first-order valence-corrected chi connectivity index (χ1v) is 12.2. The minimum absolute atomic E-state index is 0.0845. The van der Waals surface area contributed by atoms with Crippen molar-refractivity contribution in [1.82, 2.24) is 14.8 Å². The van der Waals surface area contributed by atoms with Crippen molar-refractivity contribution in [2.45, 2.75) is 46.4 Å². The lowest BCUT2D eigenvalue weighted by molar-refractivity contribution is 0.0988. The Bertz CT molecular complexity index is 1240. The van der Waals surface area contributed by atoms with E-state index in [1.165, 1.54) is 0 Å². The predicted molar refractivity (Wildman–Crippen MR) is 140 cm³/mol. The van der Waals surface area contributed by atoms with Gasteiger partial charge >= 0.3 is 0 Å². The van der Waals surface area contributed by atoms with Gasteiger partial charge in [0.15, 0.2) is 0 Å². The Morgan fingerprint density at radius 2 is 1.24 bits per heavy atom. The Morgan fingerprint density at radius 3 is 1.65 bits per heavy atom. The smallest absolute Gasteiger partial charge is 0.252 e. The second-order valence-corrected chi connectivity index (χ2v) is 9.76. The summed E-state index contributed by atoms with van der Waals surface area (Å²) in [5.41, 5.74) is 15.9. The number of pyridine rings is 1. The van der Waals surface area contributed by atoms with Gasteiger partial charge in [-0.05, 0) is 55.7 Å². The molecule has 2 heterocycles. The van der Waals surface area contributed by atoms with Crippen molar-refractivity contribution in [3.63, 3.8) is 0 Å². The molecule has 2 bridgehead atoms. The van der Waals surface area contributed by atoms with Crippen molar-refractivity contribution in [2.24, 2.45) is 11.5 Å². The average Bonchev–Trinajstić information content (AvgIpc) is 2.82. The molecule has 0 atom stereocenters. The molecule has 3 aromatic rings. The molecule has 0 fully saturated rings. The number of aromatic nitrogens is 1. The summed E-state index contributed by atoms with van der Waals surface area (Å²) in [5, 5.41) is 21.4. The standard InChI is InChI=1S/C28H33N5O4/c1-17-9-19(25(34)23(11-17)27(29)36)13-32-7-4-8-33(16-22-6-3-5-21(15-32)31-22)14-20-10-18(2)12-24(26(20)35)28(30)37/h3,5-6,9-12,34-35H,4,7-8,13-16H2,1-2H3,(H2,29,36)(H2,30,37). The molecule has 9 nitrogen and oxygen atoms in total. The molecule has 6 N–H and O–H groups in total. The van der Waals surface area contributed by atoms with Gasteiger partial charge in [0.25, 0.3) is 11.8 Å². The third-order valence-electron chi connectivity index (χ3n) is 6.57. The van der Waals surface area contributed by atoms with Gasteiger partial charge in [0, 0.05) is 50.4 Å². The van der Waals surface area contributed by atoms with Gasteiger partial charge in [-0.1, -0.05) is 18.2 Å². The summed E-state index contributed by atoms with van der Waals surface area (Å²) in [4.78, 5) is 32.8. The van der Waals surface area contributed by atoms with Gasteiger partial charge in [0.2, 0.25) is 0 Å². The summed E-state index contributed by atoms with van der Waals surface area (Å²) < 4.78 is 0. The topological polar surface area (TPSA) is 146 Å². The molecular formula is C28H33N5O4. The normalized spacial score (nSPS) is 14.9. The molecule has 4 rings (SSSR count). The Labute approximate surface area is 216 Å². The molecule has 0 saturated carbocycles. The van der Waals surface area contributed by atoms with Crippen molar-refractivity contribution in [2.75, 3.05) is 13.1 Å². The Balaban J connectivity index is 1.59. The van der Waals surface area contributed by atoms with Crippen LogP contribution in [0.2, 0.25) is 0 Å². The Kier molecular flexibility index (Phi) is 7.75. The zero-order valence-electron chi connectivity index (χ0n) is 21.2. The molecule has 9 heteroatoms. The number of carbonyl (C=O) groups is 2. The highest BCUT2D eigenvalue weighted by Gasteiger charge is 2.20. The van der Waals surface area contributed by atoms with Crippen LogP contribution in [0.25, 0.3) is 0 Å². The third-order valence-corrected chi connectivity index (χ3v) is 6.57. The highest BCUT2D eigenvalue weighted by molar-refractivity contribution is 5.96. The van der Waals surface area contributed by atoms with Gasteiger partial charge in [0.1, 0.15) is 11.5 Å². The number of phenols is 2. The van der Waals surface area contributed by atoms with Gasteiger partial charge in [-0.3, -0.25) is 24.4 Å². The van der Waals surface area contributed by atoms with E-state index in [1.807, 2.05) is 44.2 Å². The number of carbonyl (C=O) groups excluding carboxylic acids is 2. The van der Waals surface area contributed by atoms with E-state index < -0.39 is 11.8 Å². The molecule has 1 aromatic heterocycles. The fourth-order valence-corrected chi connectivity index (χ4v) is 4.92. The lowest BCUT2D eigenvalue weighted by Gasteiger charge is -2.28. The van der Waals surface area contributed by atoms with Gasteiger partial charge < -0.3 is 21.7 Å². The molecule has 0 spiro atoms. The van der Waals surface area contributed by atoms with E-state index in [-0.39, 0.29) is 22.6 Å². The SMILES string of the molecule is Cc1cc(CN2CCCN(Cc3cc(C)cc(C(N)=O)c3O)Cc3cccc(n3)C2)c(O)c(C(N)=O)c1. The number of primary amides is 2. The van der Waals surface area contributed by atoms with Crippen LogP contribution >= 0.6 is 0 Å². The van der Waals surface area contributed by atoms with Gasteiger partial charge in [-0.25, -0.2) is 0 Å². The molecule has 37 heavy (non-hydrogen) atoms. The number of aryl methyl sites for hydroxylation is 2. The van der Waals surface area contributed by atoms with Crippen LogP contribution < -0.4 is 11.5 Å². The van der Waals surface area contributed by atoms with Crippen molar-refractivity contribution in [1.29, 1.82) is 0 Å². The Hall–Kier alpha value is -3.95. The highest BCUT2D eigenvalue weighted by atomic mass is 16.3. The summed E-state index contributed by atoms with van der Waals surface area (Å²) >= 11 is 0. The Morgan fingerprint density at radius 1 is 0.811 bits per heavy atom. The molecule has 2 amide bonds. The van der Waals surface area contributed by atoms with Crippen molar-refractivity contribution in [3.05, 3.63) is 87.2 Å². The summed E-state index contributed by atoms with van der Waals surface area (Å²) in [5.74, 6) is -1.49. The maximum Gasteiger partial charge on any atom is 0.252 e. The van der Waals surface area contributed by atoms with Gasteiger partial charge in [0.05, 0.1) is 22.5 Å². The van der Waals surface area contributed by atoms with Crippen LogP contribution in [0.5, 0.6) is 11.5 Å². The first-order valence-electron chi connectivity index (χ1n) is 12.2. The molecule has 1 aliphatic rings. The van der Waals surface area contributed by atoms with E-state index in [2.05, 4.69) is 9.80 Å². The number of fused-ring (bicyclic) bond motifs is 2. The number of aromatic hydroxyl groups is 2. The number of nitrogens with two attached hydrogens (primary N) is 2. The number of hydrogen-bond donors (Lipinski definition) is 4. The minimum Gasteiger partial charge on any atom is -0.507 e. The van der Waals surface area contributed by atoms with Gasteiger partial charge in [-0.15, -0.1) is 0 Å². The van der Waals surface area contributed by atoms with Crippen LogP contribution in [-0.2, 0) is 26.2 Å². The second-order valence-electron chi connectivity index (χ2n) is 9.76. The monoisotopic (exact) mass is 503 g/mol. The summed E-state index contributed by atoms with van der Waals surface area (Å²) in [6, 6.07) is 12.8. The van der Waals surface area contributed by atoms with Crippen LogP contribution in [0.1, 0.15) is 60.8 Å². The lowest BCUT2D eigenvalue weighted by atomic mass is 10.0. The number of amides is 2. The molecule has 194 valence electrons. The van der Waals surface area contributed by atoms with Crippen LogP contribution in [0, 0.1) is 13.8 Å². The molecule has 0 radical (unpaired) electrons. The zero-order chi connectivity index (χ0) is 26.7. The fraction of sp³-hybridized carbons (Fsp3) is 0.321. The van der Waals surface area contributed by atoms with E-state index in [9.17, 15) is 19.8 Å². The maximum absolute atomic E-state index is 11.8. The van der Waals surface area contributed by atoms with Crippen molar-refractivity contribution < 1.29 is 19.8 Å². The fourth-order valence-electron chi connectivity index (χ4n) is 4.92. The quantitative estimate of drug-likeness (QED) is 0.404. The minimum atomic E-state index is -0.660. The zero-order valence-corrected chi connectivity index (χ0v) is 21.2. The van der Waals surface area contributed by atoms with E-state index in [1.54, 1.807) is 12.1 Å². The van der Waals surface area contributed by atoms with E-state index in [0.29, 0.717) is 50.4 Å². The van der Waals surface area contributed by atoms with Crippen molar-refractivity contribution >= 4 is 11.8 Å². The number of rotatable bonds is 6.